The maximum Gasteiger partial charge on any atom is 0.346 e. The highest BCUT2D eigenvalue weighted by Gasteiger charge is 2.57. The Kier molecular flexibility index (Phi) is 2.40. The van der Waals surface area contributed by atoms with Gasteiger partial charge < -0.3 is 15.4 Å². The van der Waals surface area contributed by atoms with Crippen LogP contribution in [0.5, 0.6) is 0 Å². The summed E-state index contributed by atoms with van der Waals surface area (Å²) in [6.45, 7) is 3.53. The highest BCUT2D eigenvalue weighted by molar-refractivity contribution is 6.06. The second-order valence-electron chi connectivity index (χ2n) is 5.35. The predicted molar refractivity (Wildman–Crippen MR) is 63.8 cm³/mol. The number of carbonyl (C=O) groups excluding carboxylic acids is 1. The van der Waals surface area contributed by atoms with E-state index in [1.165, 1.54) is 12.8 Å². The lowest BCUT2D eigenvalue weighted by Crippen LogP contribution is -2.64. The van der Waals surface area contributed by atoms with Crippen molar-refractivity contribution in [1.82, 2.24) is 4.90 Å². The summed E-state index contributed by atoms with van der Waals surface area (Å²) in [5.41, 5.74) is 5.64. The minimum Gasteiger partial charge on any atom is -0.385 e. The zero-order valence-corrected chi connectivity index (χ0v) is 10.2. The molecule has 5 nitrogen and oxygen atoms in total. The van der Waals surface area contributed by atoms with Gasteiger partial charge in [-0.25, -0.2) is 4.79 Å². The van der Waals surface area contributed by atoms with E-state index in [2.05, 4.69) is 4.99 Å². The Morgan fingerprint density at radius 1 is 1.53 bits per heavy atom. The second kappa shape index (κ2) is 3.70. The van der Waals surface area contributed by atoms with Gasteiger partial charge in [-0.2, -0.15) is 4.99 Å². The molecule has 5 heteroatoms. The van der Waals surface area contributed by atoms with E-state index in [9.17, 15) is 4.79 Å². The van der Waals surface area contributed by atoms with Crippen LogP contribution in [-0.2, 0) is 4.74 Å². The number of urea groups is 1. The third-order valence-corrected chi connectivity index (χ3v) is 4.11. The van der Waals surface area contributed by atoms with Crippen molar-refractivity contribution in [3.05, 3.63) is 0 Å². The quantitative estimate of drug-likeness (QED) is 0.796. The molecule has 17 heavy (non-hydrogen) atoms. The molecule has 3 rings (SSSR count). The average molecular weight is 237 g/mol. The number of hydrogen-bond donors (Lipinski definition) is 1. The Morgan fingerprint density at radius 3 is 2.82 bits per heavy atom. The molecule has 0 unspecified atom stereocenters. The molecule has 2 saturated carbocycles. The topological polar surface area (TPSA) is 67.9 Å². The highest BCUT2D eigenvalue weighted by atomic mass is 16.5. The van der Waals surface area contributed by atoms with E-state index in [4.69, 9.17) is 10.5 Å². The molecule has 0 atom stereocenters. The second-order valence-corrected chi connectivity index (χ2v) is 5.35. The SMILES string of the molecule is CCOC1CC2(C1)C(N)=NC(=O)N2CC1CC1. The fourth-order valence-corrected chi connectivity index (χ4v) is 2.88. The zero-order valence-electron chi connectivity index (χ0n) is 10.2. The molecule has 1 aliphatic heterocycles. The van der Waals surface area contributed by atoms with Gasteiger partial charge in [-0.15, -0.1) is 0 Å². The molecule has 94 valence electrons. The molecule has 0 saturated heterocycles. The zero-order chi connectivity index (χ0) is 12.0. The number of amidine groups is 1. The van der Waals surface area contributed by atoms with Crippen LogP contribution in [-0.4, -0.2) is 41.6 Å². The number of nitrogens with two attached hydrogens (primary N) is 1. The van der Waals surface area contributed by atoms with Gasteiger partial charge in [-0.3, -0.25) is 0 Å². The van der Waals surface area contributed by atoms with Gasteiger partial charge in [-0.05, 0) is 25.7 Å². The lowest BCUT2D eigenvalue weighted by Gasteiger charge is -2.49. The Balaban J connectivity index is 1.72. The Morgan fingerprint density at radius 2 is 2.24 bits per heavy atom. The lowest BCUT2D eigenvalue weighted by molar-refractivity contribution is -0.0558. The predicted octanol–water partition coefficient (Wildman–Crippen LogP) is 1.13. The number of amides is 2. The van der Waals surface area contributed by atoms with Crippen LogP contribution in [0.25, 0.3) is 0 Å². The fourth-order valence-electron chi connectivity index (χ4n) is 2.88. The molecule has 0 aromatic rings. The van der Waals surface area contributed by atoms with Gasteiger partial charge in [-0.1, -0.05) is 0 Å². The summed E-state index contributed by atoms with van der Waals surface area (Å²) in [6.07, 6.45) is 4.33. The Bertz CT molecular complexity index is 370. The van der Waals surface area contributed by atoms with E-state index < -0.39 is 0 Å². The van der Waals surface area contributed by atoms with Crippen molar-refractivity contribution in [2.24, 2.45) is 16.6 Å². The van der Waals surface area contributed by atoms with Crippen LogP contribution >= 0.6 is 0 Å². The van der Waals surface area contributed by atoms with E-state index in [0.29, 0.717) is 18.4 Å². The standard InChI is InChI=1S/C12H19N3O2/c1-2-17-9-5-12(6-9)10(13)14-11(16)15(12)7-8-3-4-8/h8-9H,2-7H2,1H3,(H2,13,14,16). The maximum absolute atomic E-state index is 11.8. The van der Waals surface area contributed by atoms with Crippen LogP contribution < -0.4 is 5.73 Å². The first-order valence-corrected chi connectivity index (χ1v) is 6.43. The minimum absolute atomic E-state index is 0.149. The number of rotatable bonds is 4. The van der Waals surface area contributed by atoms with E-state index in [1.54, 1.807) is 0 Å². The van der Waals surface area contributed by atoms with Gasteiger partial charge in [0.1, 0.15) is 11.4 Å². The van der Waals surface area contributed by atoms with Gasteiger partial charge >= 0.3 is 6.03 Å². The van der Waals surface area contributed by atoms with Crippen molar-refractivity contribution in [3.8, 4) is 0 Å². The van der Waals surface area contributed by atoms with Gasteiger partial charge in [0.2, 0.25) is 0 Å². The van der Waals surface area contributed by atoms with Gasteiger partial charge in [0.05, 0.1) is 6.10 Å². The molecule has 0 aromatic carbocycles. The van der Waals surface area contributed by atoms with Crippen LogP contribution in [0.2, 0.25) is 0 Å². The largest absolute Gasteiger partial charge is 0.385 e. The Hall–Kier alpha value is -1.10. The van der Waals surface area contributed by atoms with Crippen LogP contribution in [0, 0.1) is 5.92 Å². The van der Waals surface area contributed by atoms with Gasteiger partial charge in [0.15, 0.2) is 0 Å². The molecule has 0 radical (unpaired) electrons. The molecule has 1 heterocycles. The molecule has 0 bridgehead atoms. The first-order valence-electron chi connectivity index (χ1n) is 6.43. The first kappa shape index (κ1) is 11.0. The van der Waals surface area contributed by atoms with E-state index in [-0.39, 0.29) is 17.7 Å². The summed E-state index contributed by atoms with van der Waals surface area (Å²) in [5, 5.41) is 0. The molecule has 2 N–H and O–H groups in total. The third-order valence-electron chi connectivity index (χ3n) is 4.11. The molecule has 2 aliphatic carbocycles. The van der Waals surface area contributed by atoms with Crippen molar-refractivity contribution in [2.45, 2.75) is 44.2 Å². The summed E-state index contributed by atoms with van der Waals surface area (Å²) in [7, 11) is 0. The number of nitrogens with zero attached hydrogens (tertiary/aromatic N) is 2. The highest BCUT2D eigenvalue weighted by Crippen LogP contribution is 2.45. The minimum atomic E-state index is -0.306. The number of carbonyl (C=O) groups is 1. The Labute approximate surface area is 101 Å². The van der Waals surface area contributed by atoms with Gasteiger partial charge in [0.25, 0.3) is 0 Å². The monoisotopic (exact) mass is 237 g/mol. The number of hydrogen-bond acceptors (Lipinski definition) is 3. The lowest BCUT2D eigenvalue weighted by atomic mass is 9.72. The summed E-state index contributed by atoms with van der Waals surface area (Å²) >= 11 is 0. The fraction of sp³-hybridized carbons (Fsp3) is 0.833. The molecular weight excluding hydrogens is 218 g/mol. The summed E-state index contributed by atoms with van der Waals surface area (Å²) < 4.78 is 5.57. The van der Waals surface area contributed by atoms with Crippen molar-refractivity contribution in [2.75, 3.05) is 13.2 Å². The molecule has 2 fully saturated rings. The van der Waals surface area contributed by atoms with Crippen LogP contribution in [0.3, 0.4) is 0 Å². The van der Waals surface area contributed by atoms with Crippen molar-refractivity contribution >= 4 is 11.9 Å². The summed E-state index contributed by atoms with van der Waals surface area (Å²) in [5.74, 6) is 1.17. The molecule has 1 spiro atoms. The van der Waals surface area contributed by atoms with E-state index in [1.807, 2.05) is 11.8 Å². The normalized spacial score (nSPS) is 36.3. The molecule has 3 aliphatic rings. The molecular formula is C12H19N3O2. The summed E-state index contributed by atoms with van der Waals surface area (Å²) in [6, 6.07) is -0.149. The maximum atomic E-state index is 11.8. The molecule has 0 aromatic heterocycles. The number of ether oxygens (including phenoxy) is 1. The van der Waals surface area contributed by atoms with Crippen LogP contribution in [0.4, 0.5) is 4.79 Å². The summed E-state index contributed by atoms with van der Waals surface area (Å²) in [4.78, 5) is 17.7. The van der Waals surface area contributed by atoms with Gasteiger partial charge in [0, 0.05) is 26.0 Å². The van der Waals surface area contributed by atoms with Crippen molar-refractivity contribution in [3.63, 3.8) is 0 Å². The average Bonchev–Trinajstić information content (AvgIpc) is 2.99. The number of aliphatic imine (C=N–C) groups is 1. The third kappa shape index (κ3) is 1.64. The van der Waals surface area contributed by atoms with E-state index in [0.717, 1.165) is 19.4 Å². The first-order chi connectivity index (χ1) is 8.15. The molecule has 2 amide bonds. The smallest absolute Gasteiger partial charge is 0.346 e. The van der Waals surface area contributed by atoms with Crippen molar-refractivity contribution in [1.29, 1.82) is 0 Å². The van der Waals surface area contributed by atoms with Crippen LogP contribution in [0.1, 0.15) is 32.6 Å². The van der Waals surface area contributed by atoms with E-state index >= 15 is 0 Å². The van der Waals surface area contributed by atoms with Crippen LogP contribution in [0.15, 0.2) is 4.99 Å². The van der Waals surface area contributed by atoms with Crippen molar-refractivity contribution < 1.29 is 9.53 Å².